The molecule has 1 aromatic rings. The zero-order valence-corrected chi connectivity index (χ0v) is 12.0. The minimum Gasteiger partial charge on any atom is -0.493 e. The quantitative estimate of drug-likeness (QED) is 0.876. The fraction of sp³-hybridized carbons (Fsp3) is 0.385. The highest BCUT2D eigenvalue weighted by Crippen LogP contribution is 2.36. The van der Waals surface area contributed by atoms with E-state index in [4.69, 9.17) is 9.47 Å². The third kappa shape index (κ3) is 4.06. The lowest BCUT2D eigenvalue weighted by atomic mass is 10.2. The van der Waals surface area contributed by atoms with E-state index in [9.17, 15) is 0 Å². The molecule has 94 valence electrons. The van der Waals surface area contributed by atoms with Gasteiger partial charge in [0.15, 0.2) is 11.5 Å². The highest BCUT2D eigenvalue weighted by molar-refractivity contribution is 9.10. The van der Waals surface area contributed by atoms with Crippen molar-refractivity contribution in [2.24, 2.45) is 0 Å². The van der Waals surface area contributed by atoms with Crippen molar-refractivity contribution >= 4 is 22.0 Å². The van der Waals surface area contributed by atoms with Crippen molar-refractivity contribution < 1.29 is 9.47 Å². The van der Waals surface area contributed by atoms with Crippen molar-refractivity contribution in [3.05, 3.63) is 28.2 Å². The van der Waals surface area contributed by atoms with Gasteiger partial charge in [-0.25, -0.2) is 0 Å². The standard InChI is InChI=1S/C13H18BrNO2/c1-4-17-13-11(14)8-10(6-5-7-15-2)9-12(13)16-3/h5-6,8-9,15H,4,7H2,1-3H3. The van der Waals surface area contributed by atoms with Gasteiger partial charge in [0.1, 0.15) is 0 Å². The molecule has 0 aliphatic rings. The van der Waals surface area contributed by atoms with E-state index in [-0.39, 0.29) is 0 Å². The Kier molecular flexibility index (Phi) is 6.08. The Hall–Kier alpha value is -1.00. The Morgan fingerprint density at radius 1 is 1.41 bits per heavy atom. The molecule has 0 atom stereocenters. The average Bonchev–Trinajstić information content (AvgIpc) is 2.32. The molecule has 0 amide bonds. The summed E-state index contributed by atoms with van der Waals surface area (Å²) in [6.07, 6.45) is 4.10. The topological polar surface area (TPSA) is 30.5 Å². The van der Waals surface area contributed by atoms with E-state index in [1.807, 2.05) is 32.2 Å². The highest BCUT2D eigenvalue weighted by Gasteiger charge is 2.09. The third-order valence-electron chi connectivity index (χ3n) is 2.17. The van der Waals surface area contributed by atoms with Crippen LogP contribution in [-0.2, 0) is 0 Å². The van der Waals surface area contributed by atoms with E-state index < -0.39 is 0 Å². The molecule has 0 aromatic heterocycles. The summed E-state index contributed by atoms with van der Waals surface area (Å²) in [5, 5.41) is 3.06. The molecule has 0 fully saturated rings. The molecule has 3 nitrogen and oxygen atoms in total. The molecule has 0 radical (unpaired) electrons. The third-order valence-corrected chi connectivity index (χ3v) is 2.76. The summed E-state index contributed by atoms with van der Waals surface area (Å²) < 4.78 is 11.8. The van der Waals surface area contributed by atoms with Gasteiger partial charge >= 0.3 is 0 Å². The maximum atomic E-state index is 5.53. The van der Waals surface area contributed by atoms with Gasteiger partial charge in [0.2, 0.25) is 0 Å². The number of nitrogens with one attached hydrogen (secondary N) is 1. The first-order chi connectivity index (χ1) is 8.22. The Morgan fingerprint density at radius 3 is 2.76 bits per heavy atom. The molecule has 17 heavy (non-hydrogen) atoms. The maximum Gasteiger partial charge on any atom is 0.175 e. The molecule has 0 aliphatic heterocycles. The number of benzene rings is 1. The van der Waals surface area contributed by atoms with Gasteiger partial charge in [0, 0.05) is 6.54 Å². The van der Waals surface area contributed by atoms with Gasteiger partial charge in [-0.1, -0.05) is 12.2 Å². The number of halogens is 1. The smallest absolute Gasteiger partial charge is 0.175 e. The minimum atomic E-state index is 0.615. The van der Waals surface area contributed by atoms with Crippen LogP contribution in [0.3, 0.4) is 0 Å². The van der Waals surface area contributed by atoms with Gasteiger partial charge in [0.25, 0.3) is 0 Å². The van der Waals surface area contributed by atoms with Crippen LogP contribution in [0.25, 0.3) is 6.08 Å². The lowest BCUT2D eigenvalue weighted by Crippen LogP contribution is -2.03. The van der Waals surface area contributed by atoms with Crippen LogP contribution >= 0.6 is 15.9 Å². The van der Waals surface area contributed by atoms with E-state index >= 15 is 0 Å². The summed E-state index contributed by atoms with van der Waals surface area (Å²) in [7, 11) is 3.56. The van der Waals surface area contributed by atoms with Crippen LogP contribution < -0.4 is 14.8 Å². The minimum absolute atomic E-state index is 0.615. The number of methoxy groups -OCH3 is 1. The summed E-state index contributed by atoms with van der Waals surface area (Å²) in [6.45, 7) is 3.41. The van der Waals surface area contributed by atoms with Crippen molar-refractivity contribution in [3.8, 4) is 11.5 Å². The highest BCUT2D eigenvalue weighted by atomic mass is 79.9. The molecule has 1 rings (SSSR count). The molecular weight excluding hydrogens is 282 g/mol. The normalized spacial score (nSPS) is 10.8. The predicted molar refractivity (Wildman–Crippen MR) is 74.8 cm³/mol. The van der Waals surface area contributed by atoms with Gasteiger partial charge in [-0.3, -0.25) is 0 Å². The second kappa shape index (κ2) is 7.35. The first-order valence-corrected chi connectivity index (χ1v) is 6.33. The Labute approximate surface area is 111 Å². The number of rotatable bonds is 6. The molecule has 0 bridgehead atoms. The van der Waals surface area contributed by atoms with Crippen LogP contribution in [0.4, 0.5) is 0 Å². The van der Waals surface area contributed by atoms with Crippen LogP contribution in [0.5, 0.6) is 11.5 Å². The Balaban J connectivity index is 3.00. The second-order valence-corrected chi connectivity index (χ2v) is 4.28. The van der Waals surface area contributed by atoms with Crippen molar-refractivity contribution in [3.63, 3.8) is 0 Å². The molecule has 0 aliphatic carbocycles. The molecule has 1 N–H and O–H groups in total. The number of hydrogen-bond donors (Lipinski definition) is 1. The summed E-state index contributed by atoms with van der Waals surface area (Å²) in [5.74, 6) is 1.49. The van der Waals surface area contributed by atoms with Gasteiger partial charge in [0.05, 0.1) is 18.2 Å². The van der Waals surface area contributed by atoms with E-state index in [2.05, 4.69) is 27.3 Å². The van der Waals surface area contributed by atoms with Crippen LogP contribution in [0.1, 0.15) is 12.5 Å². The molecule has 0 unspecified atom stereocenters. The SMILES string of the molecule is CCOc1c(Br)cc(C=CCNC)cc1OC. The molecule has 4 heteroatoms. The Morgan fingerprint density at radius 2 is 2.18 bits per heavy atom. The van der Waals surface area contributed by atoms with Crippen LogP contribution in [0.2, 0.25) is 0 Å². The largest absolute Gasteiger partial charge is 0.493 e. The van der Waals surface area contributed by atoms with E-state index in [1.54, 1.807) is 7.11 Å². The zero-order chi connectivity index (χ0) is 12.7. The molecular formula is C13H18BrNO2. The number of hydrogen-bond acceptors (Lipinski definition) is 3. The van der Waals surface area contributed by atoms with Crippen molar-refractivity contribution in [2.45, 2.75) is 6.92 Å². The summed E-state index contributed by atoms with van der Waals surface area (Å²) in [4.78, 5) is 0. The number of ether oxygens (including phenoxy) is 2. The lowest BCUT2D eigenvalue weighted by molar-refractivity contribution is 0.309. The monoisotopic (exact) mass is 299 g/mol. The maximum absolute atomic E-state index is 5.53. The molecule has 1 aromatic carbocycles. The van der Waals surface area contributed by atoms with E-state index in [0.29, 0.717) is 6.61 Å². The van der Waals surface area contributed by atoms with E-state index in [1.165, 1.54) is 0 Å². The summed E-state index contributed by atoms with van der Waals surface area (Å²) in [6, 6.07) is 3.97. The Bertz CT molecular complexity index is 391. The average molecular weight is 300 g/mol. The first kappa shape index (κ1) is 14.1. The fourth-order valence-electron chi connectivity index (χ4n) is 1.43. The van der Waals surface area contributed by atoms with Crippen LogP contribution in [0.15, 0.2) is 22.7 Å². The second-order valence-electron chi connectivity index (χ2n) is 3.43. The van der Waals surface area contributed by atoms with Crippen molar-refractivity contribution in [1.82, 2.24) is 5.32 Å². The zero-order valence-electron chi connectivity index (χ0n) is 10.4. The molecule has 0 saturated carbocycles. The van der Waals surface area contributed by atoms with Crippen LogP contribution in [-0.4, -0.2) is 27.3 Å². The van der Waals surface area contributed by atoms with E-state index in [0.717, 1.165) is 28.1 Å². The first-order valence-electron chi connectivity index (χ1n) is 5.54. The van der Waals surface area contributed by atoms with Gasteiger partial charge in [-0.2, -0.15) is 0 Å². The molecule has 0 spiro atoms. The van der Waals surface area contributed by atoms with Gasteiger partial charge < -0.3 is 14.8 Å². The van der Waals surface area contributed by atoms with Crippen LogP contribution in [0, 0.1) is 0 Å². The number of likely N-dealkylation sites (N-methyl/N-ethyl adjacent to an activating group) is 1. The fourth-order valence-corrected chi connectivity index (χ4v) is 2.01. The predicted octanol–water partition coefficient (Wildman–Crippen LogP) is 3.09. The summed E-state index contributed by atoms with van der Waals surface area (Å²) in [5.41, 5.74) is 1.08. The van der Waals surface area contributed by atoms with Gasteiger partial charge in [-0.15, -0.1) is 0 Å². The van der Waals surface area contributed by atoms with Crippen molar-refractivity contribution in [1.29, 1.82) is 0 Å². The molecule has 0 saturated heterocycles. The van der Waals surface area contributed by atoms with Crippen molar-refractivity contribution in [2.75, 3.05) is 27.3 Å². The molecule has 0 heterocycles. The van der Waals surface area contributed by atoms with Gasteiger partial charge in [-0.05, 0) is 47.6 Å². The lowest BCUT2D eigenvalue weighted by Gasteiger charge is -2.12. The summed E-state index contributed by atoms with van der Waals surface area (Å²) >= 11 is 3.49.